The SMILES string of the molecule is C=C(C)N=C1C(=C(C)C)C=CC(=O)N1C1CCCC1. The monoisotopic (exact) mass is 258 g/mol. The van der Waals surface area contributed by atoms with Gasteiger partial charge < -0.3 is 0 Å². The Morgan fingerprint density at radius 3 is 2.42 bits per heavy atom. The molecule has 1 aliphatic carbocycles. The van der Waals surface area contributed by atoms with E-state index < -0.39 is 0 Å². The van der Waals surface area contributed by atoms with E-state index in [0.29, 0.717) is 6.04 Å². The van der Waals surface area contributed by atoms with Gasteiger partial charge in [-0.2, -0.15) is 0 Å². The van der Waals surface area contributed by atoms with Crippen molar-refractivity contribution < 1.29 is 4.79 Å². The molecule has 0 atom stereocenters. The normalized spacial score (nSPS) is 22.5. The van der Waals surface area contributed by atoms with Gasteiger partial charge in [-0.3, -0.25) is 9.69 Å². The maximum atomic E-state index is 12.2. The fraction of sp³-hybridized carbons (Fsp3) is 0.500. The molecular formula is C16H22N2O. The van der Waals surface area contributed by atoms with Crippen molar-refractivity contribution in [3.8, 4) is 0 Å². The van der Waals surface area contributed by atoms with Crippen LogP contribution >= 0.6 is 0 Å². The Labute approximate surface area is 115 Å². The van der Waals surface area contributed by atoms with Crippen LogP contribution in [0.3, 0.4) is 0 Å². The van der Waals surface area contributed by atoms with Crippen LogP contribution in [0, 0.1) is 0 Å². The van der Waals surface area contributed by atoms with Crippen molar-refractivity contribution in [2.45, 2.75) is 52.5 Å². The first-order valence-electron chi connectivity index (χ1n) is 6.94. The Bertz CT molecular complexity index is 487. The first-order chi connectivity index (χ1) is 9.00. The molecule has 2 rings (SSSR count). The standard InChI is InChI=1S/C16H22N2O/c1-11(2)14-9-10-15(19)18(13-7-5-6-8-13)16(14)17-12(3)4/h9-10,13H,3,5-8H2,1-2,4H3. The molecule has 102 valence electrons. The van der Waals surface area contributed by atoms with Gasteiger partial charge in [0.25, 0.3) is 5.91 Å². The van der Waals surface area contributed by atoms with E-state index in [1.54, 1.807) is 6.08 Å². The number of amides is 1. The van der Waals surface area contributed by atoms with Crippen molar-refractivity contribution in [1.82, 2.24) is 4.90 Å². The Kier molecular flexibility index (Phi) is 4.03. The summed E-state index contributed by atoms with van der Waals surface area (Å²) in [5.74, 6) is 0.837. The molecule has 3 heteroatoms. The number of nitrogens with zero attached hydrogens (tertiary/aromatic N) is 2. The van der Waals surface area contributed by atoms with Gasteiger partial charge in [0, 0.05) is 23.4 Å². The second kappa shape index (κ2) is 5.55. The average molecular weight is 258 g/mol. The lowest BCUT2D eigenvalue weighted by Gasteiger charge is -2.32. The first kappa shape index (κ1) is 13.8. The molecule has 0 unspecified atom stereocenters. The summed E-state index contributed by atoms with van der Waals surface area (Å²) in [6.07, 6.45) is 8.09. The summed E-state index contributed by atoms with van der Waals surface area (Å²) in [4.78, 5) is 18.7. The first-order valence-corrected chi connectivity index (χ1v) is 6.94. The van der Waals surface area contributed by atoms with Crippen molar-refractivity contribution in [3.63, 3.8) is 0 Å². The molecule has 0 radical (unpaired) electrons. The van der Waals surface area contributed by atoms with E-state index >= 15 is 0 Å². The van der Waals surface area contributed by atoms with E-state index in [1.165, 1.54) is 18.4 Å². The van der Waals surface area contributed by atoms with Crippen molar-refractivity contribution in [2.75, 3.05) is 0 Å². The van der Waals surface area contributed by atoms with Crippen molar-refractivity contribution >= 4 is 11.7 Å². The summed E-state index contributed by atoms with van der Waals surface area (Å²) in [7, 11) is 0. The molecular weight excluding hydrogens is 236 g/mol. The van der Waals surface area contributed by atoms with Crippen LogP contribution in [0.2, 0.25) is 0 Å². The van der Waals surface area contributed by atoms with Gasteiger partial charge in [0.2, 0.25) is 0 Å². The van der Waals surface area contributed by atoms with Crippen molar-refractivity contribution in [3.05, 3.63) is 35.6 Å². The van der Waals surface area contributed by atoms with Gasteiger partial charge in [-0.25, -0.2) is 4.99 Å². The number of allylic oxidation sites excluding steroid dienone is 2. The van der Waals surface area contributed by atoms with Crippen LogP contribution in [-0.4, -0.2) is 22.7 Å². The quantitative estimate of drug-likeness (QED) is 0.745. The minimum absolute atomic E-state index is 0.0527. The molecule has 0 aromatic carbocycles. The van der Waals surface area contributed by atoms with Crippen LogP contribution in [-0.2, 0) is 4.79 Å². The van der Waals surface area contributed by atoms with Gasteiger partial charge in [0.05, 0.1) is 0 Å². The van der Waals surface area contributed by atoms with Crippen molar-refractivity contribution in [1.29, 1.82) is 0 Å². The second-order valence-electron chi connectivity index (χ2n) is 5.56. The van der Waals surface area contributed by atoms with Crippen LogP contribution in [0.25, 0.3) is 0 Å². The van der Waals surface area contributed by atoms with Crippen LogP contribution in [0.1, 0.15) is 46.5 Å². The smallest absolute Gasteiger partial charge is 0.252 e. The third-order valence-corrected chi connectivity index (χ3v) is 3.62. The van der Waals surface area contributed by atoms with E-state index in [-0.39, 0.29) is 5.91 Å². The zero-order valence-corrected chi connectivity index (χ0v) is 12.1. The van der Waals surface area contributed by atoms with Gasteiger partial charge in [-0.05, 0) is 39.7 Å². The largest absolute Gasteiger partial charge is 0.290 e. The summed E-state index contributed by atoms with van der Waals surface area (Å²) < 4.78 is 0. The molecule has 1 heterocycles. The molecule has 2 aliphatic rings. The fourth-order valence-corrected chi connectivity index (χ4v) is 2.74. The molecule has 1 saturated carbocycles. The van der Waals surface area contributed by atoms with Gasteiger partial charge in [0.1, 0.15) is 5.84 Å². The summed E-state index contributed by atoms with van der Waals surface area (Å²) in [6.45, 7) is 9.83. The highest BCUT2D eigenvalue weighted by Gasteiger charge is 2.33. The van der Waals surface area contributed by atoms with Gasteiger partial charge in [-0.15, -0.1) is 0 Å². The average Bonchev–Trinajstić information content (AvgIpc) is 2.81. The van der Waals surface area contributed by atoms with E-state index in [9.17, 15) is 4.79 Å². The number of rotatable bonds is 2. The predicted molar refractivity (Wildman–Crippen MR) is 78.9 cm³/mol. The van der Waals surface area contributed by atoms with Crippen LogP contribution in [0.4, 0.5) is 0 Å². The maximum Gasteiger partial charge on any atom is 0.252 e. The molecule has 0 N–H and O–H groups in total. The third kappa shape index (κ3) is 2.86. The Balaban J connectivity index is 2.48. The number of carbonyl (C=O) groups is 1. The molecule has 1 fully saturated rings. The molecule has 1 amide bonds. The highest BCUT2D eigenvalue weighted by atomic mass is 16.2. The minimum atomic E-state index is 0.0527. The lowest BCUT2D eigenvalue weighted by molar-refractivity contribution is -0.124. The van der Waals surface area contributed by atoms with Crippen LogP contribution < -0.4 is 0 Å². The highest BCUT2D eigenvalue weighted by Crippen LogP contribution is 2.29. The summed E-state index contributed by atoms with van der Waals surface area (Å²) >= 11 is 0. The molecule has 1 aliphatic heterocycles. The molecule has 3 nitrogen and oxygen atoms in total. The molecule has 19 heavy (non-hydrogen) atoms. The molecule has 0 spiro atoms. The zero-order chi connectivity index (χ0) is 14.0. The fourth-order valence-electron chi connectivity index (χ4n) is 2.74. The minimum Gasteiger partial charge on any atom is -0.290 e. The predicted octanol–water partition coefficient (Wildman–Crippen LogP) is 3.60. The number of amidine groups is 1. The molecule has 0 bridgehead atoms. The Hall–Kier alpha value is -1.64. The second-order valence-corrected chi connectivity index (χ2v) is 5.56. The van der Waals surface area contributed by atoms with E-state index in [1.807, 2.05) is 17.9 Å². The summed E-state index contributed by atoms with van der Waals surface area (Å²) in [5, 5.41) is 0. The van der Waals surface area contributed by atoms with E-state index in [4.69, 9.17) is 0 Å². The number of carbonyl (C=O) groups excluding carboxylic acids is 1. The van der Waals surface area contributed by atoms with E-state index in [2.05, 4.69) is 25.4 Å². The molecule has 0 aromatic heterocycles. The highest BCUT2D eigenvalue weighted by molar-refractivity contribution is 6.16. The number of hydrogen-bond donors (Lipinski definition) is 0. The topological polar surface area (TPSA) is 32.7 Å². The van der Waals surface area contributed by atoms with Crippen LogP contribution in [0.5, 0.6) is 0 Å². The van der Waals surface area contributed by atoms with Gasteiger partial charge in [-0.1, -0.05) is 25.0 Å². The summed E-state index contributed by atoms with van der Waals surface area (Å²) in [6, 6.07) is 0.296. The Morgan fingerprint density at radius 2 is 1.89 bits per heavy atom. The van der Waals surface area contributed by atoms with Crippen LogP contribution in [0.15, 0.2) is 40.6 Å². The molecule has 0 saturated heterocycles. The molecule has 0 aromatic rings. The van der Waals surface area contributed by atoms with E-state index in [0.717, 1.165) is 29.9 Å². The van der Waals surface area contributed by atoms with Crippen molar-refractivity contribution in [2.24, 2.45) is 4.99 Å². The lowest BCUT2D eigenvalue weighted by Crippen LogP contribution is -2.45. The number of aliphatic imine (C=N–C) groups is 1. The Morgan fingerprint density at radius 1 is 1.26 bits per heavy atom. The number of hydrogen-bond acceptors (Lipinski definition) is 2. The summed E-state index contributed by atoms with van der Waals surface area (Å²) in [5.41, 5.74) is 2.96. The van der Waals surface area contributed by atoms with Gasteiger partial charge in [0.15, 0.2) is 0 Å². The zero-order valence-electron chi connectivity index (χ0n) is 12.1. The lowest BCUT2D eigenvalue weighted by atomic mass is 10.0. The third-order valence-electron chi connectivity index (χ3n) is 3.62. The van der Waals surface area contributed by atoms with Gasteiger partial charge >= 0.3 is 0 Å². The maximum absolute atomic E-state index is 12.2.